The fraction of sp³-hybridized carbons (Fsp3) is 0.429. The minimum atomic E-state index is 1.27. The molecule has 0 nitrogen and oxygen atoms in total. The zero-order chi connectivity index (χ0) is 10.1. The highest BCUT2D eigenvalue weighted by Gasteiger charge is 2.12. The smallest absolute Gasteiger partial charge is 0.0166 e. The molecule has 74 valence electrons. The largest absolute Gasteiger partial charge is 0.0807 e. The van der Waals surface area contributed by atoms with Crippen LogP contribution < -0.4 is 0 Å². The summed E-state index contributed by atoms with van der Waals surface area (Å²) in [6, 6.07) is 4.47. The van der Waals surface area contributed by atoms with Crippen molar-refractivity contribution in [1.29, 1.82) is 0 Å². The Balaban J connectivity index is 2.55. The molecule has 0 unspecified atom stereocenters. The molecular formula is C14H18. The van der Waals surface area contributed by atoms with Gasteiger partial charge in [0.2, 0.25) is 0 Å². The molecule has 1 aliphatic rings. The molecule has 0 spiro atoms. The first-order valence-corrected chi connectivity index (χ1v) is 5.46. The van der Waals surface area contributed by atoms with Crippen molar-refractivity contribution in [2.24, 2.45) is 0 Å². The monoisotopic (exact) mass is 186 g/mol. The molecule has 2 rings (SSSR count). The molecule has 0 heterocycles. The number of hydrogen-bond acceptors (Lipinski definition) is 0. The standard InChI is InChI=1S/C14H18/c1-10-8-9-11(2)14(12(10)3)13-6-4-5-7-13/h6,8-9H,4-5,7H2,1-3H3. The zero-order valence-corrected chi connectivity index (χ0v) is 9.35. The highest BCUT2D eigenvalue weighted by Crippen LogP contribution is 2.32. The fourth-order valence-electron chi connectivity index (χ4n) is 2.34. The molecule has 0 fully saturated rings. The van der Waals surface area contributed by atoms with Gasteiger partial charge in [-0.2, -0.15) is 0 Å². The minimum absolute atomic E-state index is 1.27. The molecule has 1 aliphatic carbocycles. The highest BCUT2D eigenvalue weighted by atomic mass is 14.2. The molecule has 0 saturated heterocycles. The van der Waals surface area contributed by atoms with Gasteiger partial charge in [0.05, 0.1) is 0 Å². The summed E-state index contributed by atoms with van der Waals surface area (Å²) in [5.74, 6) is 0. The molecule has 1 aromatic carbocycles. The average Bonchev–Trinajstić information content (AvgIpc) is 2.65. The first-order chi connectivity index (χ1) is 6.70. The van der Waals surface area contributed by atoms with E-state index in [1.54, 1.807) is 5.57 Å². The van der Waals surface area contributed by atoms with E-state index in [0.717, 1.165) is 0 Å². The molecular weight excluding hydrogens is 168 g/mol. The van der Waals surface area contributed by atoms with Gasteiger partial charge in [-0.25, -0.2) is 0 Å². The molecule has 0 bridgehead atoms. The Morgan fingerprint density at radius 3 is 2.36 bits per heavy atom. The maximum Gasteiger partial charge on any atom is -0.0166 e. The lowest BCUT2D eigenvalue weighted by molar-refractivity contribution is 0.934. The van der Waals surface area contributed by atoms with Gasteiger partial charge in [-0.1, -0.05) is 18.2 Å². The van der Waals surface area contributed by atoms with Gasteiger partial charge in [0, 0.05) is 0 Å². The number of benzene rings is 1. The van der Waals surface area contributed by atoms with Crippen molar-refractivity contribution in [2.75, 3.05) is 0 Å². The molecule has 0 aliphatic heterocycles. The molecule has 0 amide bonds. The topological polar surface area (TPSA) is 0 Å². The van der Waals surface area contributed by atoms with Crippen molar-refractivity contribution in [3.05, 3.63) is 40.5 Å². The van der Waals surface area contributed by atoms with E-state index < -0.39 is 0 Å². The molecule has 0 saturated carbocycles. The van der Waals surface area contributed by atoms with Crippen molar-refractivity contribution in [3.8, 4) is 0 Å². The Morgan fingerprint density at radius 1 is 1.00 bits per heavy atom. The van der Waals surface area contributed by atoms with E-state index in [9.17, 15) is 0 Å². The Kier molecular flexibility index (Phi) is 2.45. The van der Waals surface area contributed by atoms with E-state index in [-0.39, 0.29) is 0 Å². The van der Waals surface area contributed by atoms with Crippen LogP contribution in [0.25, 0.3) is 5.57 Å². The van der Waals surface area contributed by atoms with Crippen LogP contribution in [0.3, 0.4) is 0 Å². The molecule has 0 heteroatoms. The number of allylic oxidation sites excluding steroid dienone is 2. The summed E-state index contributed by atoms with van der Waals surface area (Å²) in [7, 11) is 0. The van der Waals surface area contributed by atoms with Gasteiger partial charge in [0.15, 0.2) is 0 Å². The third-order valence-corrected chi connectivity index (χ3v) is 3.31. The Hall–Kier alpha value is -1.04. The maximum absolute atomic E-state index is 2.41. The molecule has 14 heavy (non-hydrogen) atoms. The fourth-order valence-corrected chi connectivity index (χ4v) is 2.34. The SMILES string of the molecule is Cc1ccc(C)c(C2=CCCC2)c1C. The third kappa shape index (κ3) is 1.50. The van der Waals surface area contributed by atoms with Gasteiger partial charge in [-0.05, 0) is 67.9 Å². The van der Waals surface area contributed by atoms with Gasteiger partial charge in [-0.15, -0.1) is 0 Å². The maximum atomic E-state index is 2.41. The van der Waals surface area contributed by atoms with Crippen LogP contribution in [-0.2, 0) is 0 Å². The third-order valence-electron chi connectivity index (χ3n) is 3.31. The number of rotatable bonds is 1. The van der Waals surface area contributed by atoms with Gasteiger partial charge >= 0.3 is 0 Å². The van der Waals surface area contributed by atoms with E-state index >= 15 is 0 Å². The highest BCUT2D eigenvalue weighted by molar-refractivity contribution is 5.72. The van der Waals surface area contributed by atoms with E-state index in [0.29, 0.717) is 0 Å². The first kappa shape index (κ1) is 9.51. The lowest BCUT2D eigenvalue weighted by atomic mass is 9.92. The molecule has 0 N–H and O–H groups in total. The Bertz CT molecular complexity index is 383. The molecule has 0 aromatic heterocycles. The van der Waals surface area contributed by atoms with Crippen molar-refractivity contribution in [2.45, 2.75) is 40.0 Å². The van der Waals surface area contributed by atoms with E-state index in [2.05, 4.69) is 39.0 Å². The lowest BCUT2D eigenvalue weighted by Gasteiger charge is -2.13. The van der Waals surface area contributed by atoms with Crippen molar-refractivity contribution >= 4 is 5.57 Å². The van der Waals surface area contributed by atoms with Crippen LogP contribution in [0.2, 0.25) is 0 Å². The predicted octanol–water partition coefficient (Wildman–Crippen LogP) is 4.18. The van der Waals surface area contributed by atoms with Crippen molar-refractivity contribution in [3.63, 3.8) is 0 Å². The number of hydrogen-bond donors (Lipinski definition) is 0. The first-order valence-electron chi connectivity index (χ1n) is 5.46. The van der Waals surface area contributed by atoms with Crippen LogP contribution in [0.1, 0.15) is 41.5 Å². The van der Waals surface area contributed by atoms with Gasteiger partial charge in [0.25, 0.3) is 0 Å². The summed E-state index contributed by atoms with van der Waals surface area (Å²) < 4.78 is 0. The van der Waals surface area contributed by atoms with Crippen LogP contribution in [0, 0.1) is 20.8 Å². The zero-order valence-electron chi connectivity index (χ0n) is 9.35. The van der Waals surface area contributed by atoms with Gasteiger partial charge in [0.1, 0.15) is 0 Å². The second-order valence-electron chi connectivity index (χ2n) is 4.32. The van der Waals surface area contributed by atoms with E-state index in [1.807, 2.05) is 0 Å². The van der Waals surface area contributed by atoms with Gasteiger partial charge in [-0.3, -0.25) is 0 Å². The van der Waals surface area contributed by atoms with Crippen LogP contribution in [0.15, 0.2) is 18.2 Å². The Labute approximate surface area is 86.7 Å². The normalized spacial score (nSPS) is 15.8. The second kappa shape index (κ2) is 3.61. The van der Waals surface area contributed by atoms with Crippen molar-refractivity contribution in [1.82, 2.24) is 0 Å². The molecule has 0 atom stereocenters. The predicted molar refractivity (Wildman–Crippen MR) is 62.5 cm³/mol. The molecule has 1 aromatic rings. The summed E-state index contributed by atoms with van der Waals surface area (Å²) >= 11 is 0. The average molecular weight is 186 g/mol. The van der Waals surface area contributed by atoms with Gasteiger partial charge < -0.3 is 0 Å². The van der Waals surface area contributed by atoms with Crippen molar-refractivity contribution < 1.29 is 0 Å². The summed E-state index contributed by atoms with van der Waals surface area (Å²) in [6.07, 6.45) is 6.28. The Morgan fingerprint density at radius 2 is 1.71 bits per heavy atom. The summed E-state index contributed by atoms with van der Waals surface area (Å²) in [4.78, 5) is 0. The summed E-state index contributed by atoms with van der Waals surface area (Å²) in [5, 5.41) is 0. The van der Waals surface area contributed by atoms with E-state index in [1.165, 1.54) is 41.5 Å². The quantitative estimate of drug-likeness (QED) is 0.617. The molecule has 0 radical (unpaired) electrons. The summed E-state index contributed by atoms with van der Waals surface area (Å²) in [5.41, 5.74) is 7.41. The van der Waals surface area contributed by atoms with Crippen LogP contribution in [-0.4, -0.2) is 0 Å². The van der Waals surface area contributed by atoms with E-state index in [4.69, 9.17) is 0 Å². The minimum Gasteiger partial charge on any atom is -0.0807 e. The van der Waals surface area contributed by atoms with Crippen LogP contribution in [0.4, 0.5) is 0 Å². The van der Waals surface area contributed by atoms with Crippen LogP contribution in [0.5, 0.6) is 0 Å². The number of aryl methyl sites for hydroxylation is 2. The van der Waals surface area contributed by atoms with Crippen LogP contribution >= 0.6 is 0 Å². The summed E-state index contributed by atoms with van der Waals surface area (Å²) in [6.45, 7) is 6.67. The second-order valence-corrected chi connectivity index (χ2v) is 4.32. The lowest BCUT2D eigenvalue weighted by Crippen LogP contribution is -1.94.